The molecule has 2 N–H and O–H groups in total. The lowest BCUT2D eigenvalue weighted by Crippen LogP contribution is -2.52. The van der Waals surface area contributed by atoms with E-state index in [0.29, 0.717) is 6.42 Å². The van der Waals surface area contributed by atoms with Gasteiger partial charge in [-0.25, -0.2) is 0 Å². The normalized spacial score (nSPS) is 31.4. The summed E-state index contributed by atoms with van der Waals surface area (Å²) in [5.41, 5.74) is 6.84. The number of nitrogens with two attached hydrogens (primary N) is 1. The number of ether oxygens (including phenoxy) is 1. The van der Waals surface area contributed by atoms with Gasteiger partial charge in [-0.1, -0.05) is 74.3 Å². The maximum absolute atomic E-state index is 6.38. The molecule has 4 heteroatoms. The van der Waals surface area contributed by atoms with Crippen LogP contribution in [0.3, 0.4) is 0 Å². The predicted molar refractivity (Wildman–Crippen MR) is 77.5 cm³/mol. The first-order valence-corrected chi connectivity index (χ1v) is 7.02. The Morgan fingerprint density at radius 2 is 1.94 bits per heavy atom. The molecule has 2 nitrogen and oxygen atoms in total. The lowest BCUT2D eigenvalue weighted by molar-refractivity contribution is -0.0266. The Hall–Kier alpha value is -0.160. The molecule has 0 spiro atoms. The first-order chi connectivity index (χ1) is 7.97. The predicted octanol–water partition coefficient (Wildman–Crippen LogP) is 3.52. The van der Waals surface area contributed by atoms with E-state index in [1.165, 1.54) is 5.56 Å². The second-order valence-corrected chi connectivity index (χ2v) is 8.24. The SMILES string of the molecule is COC1(N)CC(Br)(Br)C=CC1c1ccccc1. The van der Waals surface area contributed by atoms with Crippen LogP contribution in [0.2, 0.25) is 0 Å². The lowest BCUT2D eigenvalue weighted by Gasteiger charge is -2.41. The molecule has 0 aromatic heterocycles. The Labute approximate surface area is 118 Å². The third-order valence-corrected chi connectivity index (χ3v) is 4.20. The van der Waals surface area contributed by atoms with Crippen LogP contribution in [-0.2, 0) is 4.74 Å². The molecule has 0 fully saturated rings. The van der Waals surface area contributed by atoms with Crippen molar-refractivity contribution in [2.24, 2.45) is 5.73 Å². The van der Waals surface area contributed by atoms with E-state index in [4.69, 9.17) is 10.5 Å². The summed E-state index contributed by atoms with van der Waals surface area (Å²) in [5.74, 6) is 0.0666. The smallest absolute Gasteiger partial charge is 0.129 e. The van der Waals surface area contributed by atoms with Crippen molar-refractivity contribution in [3.05, 3.63) is 48.0 Å². The summed E-state index contributed by atoms with van der Waals surface area (Å²) in [6.45, 7) is 0. The zero-order valence-electron chi connectivity index (χ0n) is 9.57. The third-order valence-electron chi connectivity index (χ3n) is 3.11. The number of allylic oxidation sites excluding steroid dienone is 1. The van der Waals surface area contributed by atoms with Crippen LogP contribution in [0.25, 0.3) is 0 Å². The summed E-state index contributed by atoms with van der Waals surface area (Å²) in [6, 6.07) is 10.2. The number of hydrogen-bond donors (Lipinski definition) is 1. The quantitative estimate of drug-likeness (QED) is 0.497. The van der Waals surface area contributed by atoms with Gasteiger partial charge in [-0.3, -0.25) is 0 Å². The van der Waals surface area contributed by atoms with Gasteiger partial charge < -0.3 is 10.5 Å². The molecule has 0 saturated carbocycles. The van der Waals surface area contributed by atoms with Gasteiger partial charge in [0.1, 0.15) is 8.96 Å². The summed E-state index contributed by atoms with van der Waals surface area (Å²) in [7, 11) is 1.66. The highest BCUT2D eigenvalue weighted by molar-refractivity contribution is 9.25. The molecule has 17 heavy (non-hydrogen) atoms. The van der Waals surface area contributed by atoms with Crippen molar-refractivity contribution in [2.45, 2.75) is 21.3 Å². The van der Waals surface area contributed by atoms with Gasteiger partial charge in [0.15, 0.2) is 0 Å². The fraction of sp³-hybridized carbons (Fsp3) is 0.385. The van der Waals surface area contributed by atoms with Crippen molar-refractivity contribution in [1.29, 1.82) is 0 Å². The third kappa shape index (κ3) is 2.81. The minimum absolute atomic E-state index is 0.0666. The molecule has 0 saturated heterocycles. The highest BCUT2D eigenvalue weighted by atomic mass is 79.9. The molecule has 2 atom stereocenters. The molecule has 0 aliphatic heterocycles. The molecule has 1 aliphatic carbocycles. The number of halogens is 2. The van der Waals surface area contributed by atoms with Gasteiger partial charge in [0.25, 0.3) is 0 Å². The van der Waals surface area contributed by atoms with Crippen molar-refractivity contribution >= 4 is 31.9 Å². The van der Waals surface area contributed by atoms with Gasteiger partial charge in [-0.15, -0.1) is 0 Å². The molecule has 1 aliphatic rings. The fourth-order valence-corrected chi connectivity index (χ4v) is 3.37. The van der Waals surface area contributed by atoms with Crippen molar-refractivity contribution < 1.29 is 4.74 Å². The molecule has 0 amide bonds. The molecule has 0 bridgehead atoms. The largest absolute Gasteiger partial charge is 0.363 e. The van der Waals surface area contributed by atoms with E-state index in [2.05, 4.69) is 56.1 Å². The molecule has 0 heterocycles. The van der Waals surface area contributed by atoms with Gasteiger partial charge in [0, 0.05) is 19.4 Å². The van der Waals surface area contributed by atoms with Gasteiger partial charge in [0.05, 0.1) is 0 Å². The second-order valence-electron chi connectivity index (χ2n) is 4.34. The van der Waals surface area contributed by atoms with Crippen molar-refractivity contribution in [2.75, 3.05) is 7.11 Å². The van der Waals surface area contributed by atoms with E-state index in [0.717, 1.165) is 0 Å². The number of hydrogen-bond acceptors (Lipinski definition) is 2. The van der Waals surface area contributed by atoms with Crippen LogP contribution in [0, 0.1) is 0 Å². The fourth-order valence-electron chi connectivity index (χ4n) is 2.19. The molecule has 2 rings (SSSR count). The molecular formula is C13H15Br2NO. The average molecular weight is 361 g/mol. The number of methoxy groups -OCH3 is 1. The second kappa shape index (κ2) is 4.84. The van der Waals surface area contributed by atoms with Crippen LogP contribution >= 0.6 is 31.9 Å². The van der Waals surface area contributed by atoms with E-state index >= 15 is 0 Å². The van der Waals surface area contributed by atoms with Crippen molar-refractivity contribution in [3.8, 4) is 0 Å². The van der Waals surface area contributed by atoms with Gasteiger partial charge >= 0.3 is 0 Å². The Balaban J connectivity index is 2.39. The minimum atomic E-state index is -0.705. The molecule has 1 aromatic rings. The summed E-state index contributed by atoms with van der Waals surface area (Å²) >= 11 is 7.16. The topological polar surface area (TPSA) is 35.2 Å². The van der Waals surface area contributed by atoms with E-state index in [9.17, 15) is 0 Å². The Morgan fingerprint density at radius 1 is 1.29 bits per heavy atom. The number of benzene rings is 1. The lowest BCUT2D eigenvalue weighted by atomic mass is 9.82. The van der Waals surface area contributed by atoms with Crippen molar-refractivity contribution in [1.82, 2.24) is 0 Å². The van der Waals surface area contributed by atoms with Crippen LogP contribution < -0.4 is 5.73 Å². The maximum Gasteiger partial charge on any atom is 0.129 e. The van der Waals surface area contributed by atoms with Crippen LogP contribution in [0.4, 0.5) is 0 Å². The maximum atomic E-state index is 6.38. The van der Waals surface area contributed by atoms with E-state index in [-0.39, 0.29) is 9.15 Å². The molecule has 92 valence electrons. The van der Waals surface area contributed by atoms with E-state index < -0.39 is 5.72 Å². The average Bonchev–Trinajstić information content (AvgIpc) is 2.29. The minimum Gasteiger partial charge on any atom is -0.363 e. The summed E-state index contributed by atoms with van der Waals surface area (Å²) in [4.78, 5) is 0. The first-order valence-electron chi connectivity index (χ1n) is 5.43. The highest BCUT2D eigenvalue weighted by Gasteiger charge is 2.44. The van der Waals surface area contributed by atoms with Gasteiger partial charge in [-0.05, 0) is 5.56 Å². The first kappa shape index (κ1) is 13.3. The molecule has 2 unspecified atom stereocenters. The Morgan fingerprint density at radius 3 is 2.53 bits per heavy atom. The van der Waals surface area contributed by atoms with E-state index in [1.54, 1.807) is 7.11 Å². The van der Waals surface area contributed by atoms with Crippen LogP contribution in [0.1, 0.15) is 17.9 Å². The Bertz CT molecular complexity index is 419. The van der Waals surface area contributed by atoms with Gasteiger partial charge in [-0.2, -0.15) is 0 Å². The van der Waals surface area contributed by atoms with Crippen LogP contribution in [-0.4, -0.2) is 16.1 Å². The molecule has 0 radical (unpaired) electrons. The highest BCUT2D eigenvalue weighted by Crippen LogP contribution is 2.46. The standard InChI is InChI=1S/C13H15Br2NO/c1-17-13(16)9-12(14,15)8-7-11(13)10-5-3-2-4-6-10/h2-8,11H,9,16H2,1H3. The Kier molecular flexibility index (Phi) is 3.78. The molecule has 1 aromatic carbocycles. The van der Waals surface area contributed by atoms with Gasteiger partial charge in [0.2, 0.25) is 0 Å². The van der Waals surface area contributed by atoms with Crippen LogP contribution in [0.5, 0.6) is 0 Å². The monoisotopic (exact) mass is 359 g/mol. The number of alkyl halides is 2. The zero-order chi connectivity index (χ0) is 12.5. The molecular weight excluding hydrogens is 346 g/mol. The summed E-state index contributed by atoms with van der Waals surface area (Å²) in [5, 5.41) is 0. The van der Waals surface area contributed by atoms with E-state index in [1.807, 2.05) is 18.2 Å². The van der Waals surface area contributed by atoms with Crippen molar-refractivity contribution in [3.63, 3.8) is 0 Å². The summed E-state index contributed by atoms with van der Waals surface area (Å²) in [6.07, 6.45) is 4.83. The zero-order valence-corrected chi connectivity index (χ0v) is 12.7. The summed E-state index contributed by atoms with van der Waals surface area (Å²) < 4.78 is 5.27. The number of rotatable bonds is 2. The van der Waals surface area contributed by atoms with Crippen LogP contribution in [0.15, 0.2) is 42.5 Å².